The fourth-order valence-corrected chi connectivity index (χ4v) is 4.73. The summed E-state index contributed by atoms with van der Waals surface area (Å²) in [5.41, 5.74) is 2.71. The molecule has 2 saturated heterocycles. The SMILES string of the molecule is Cc1noc(C)c1C(=O)N1CCC2(CC1)Cn1nnc(COCC3CCCO3)c1CO2. The first-order valence-corrected chi connectivity index (χ1v) is 11.0. The van der Waals surface area contributed by atoms with Crippen LogP contribution >= 0.6 is 0 Å². The molecule has 3 aliphatic rings. The van der Waals surface area contributed by atoms with Gasteiger partial charge in [0.2, 0.25) is 0 Å². The van der Waals surface area contributed by atoms with Gasteiger partial charge in [-0.05, 0) is 39.5 Å². The van der Waals surface area contributed by atoms with Crippen LogP contribution in [0, 0.1) is 13.8 Å². The second-order valence-corrected chi connectivity index (χ2v) is 8.75. The summed E-state index contributed by atoms with van der Waals surface area (Å²) in [6.07, 6.45) is 3.87. The molecule has 0 bridgehead atoms. The summed E-state index contributed by atoms with van der Waals surface area (Å²) < 4.78 is 24.8. The molecule has 10 nitrogen and oxygen atoms in total. The van der Waals surface area contributed by atoms with Crippen LogP contribution in [0.4, 0.5) is 0 Å². The third-order valence-electron chi connectivity index (χ3n) is 6.65. The van der Waals surface area contributed by atoms with E-state index in [1.807, 2.05) is 9.58 Å². The number of likely N-dealkylation sites (tertiary alicyclic amines) is 1. The number of aromatic nitrogens is 4. The highest BCUT2D eigenvalue weighted by atomic mass is 16.5. The van der Waals surface area contributed by atoms with Crippen molar-refractivity contribution in [1.29, 1.82) is 0 Å². The van der Waals surface area contributed by atoms with Gasteiger partial charge in [0.05, 0.1) is 49.5 Å². The van der Waals surface area contributed by atoms with E-state index in [0.717, 1.165) is 43.7 Å². The van der Waals surface area contributed by atoms with Crippen molar-refractivity contribution in [2.24, 2.45) is 0 Å². The van der Waals surface area contributed by atoms with Crippen LogP contribution in [0.15, 0.2) is 4.52 Å². The Morgan fingerprint density at radius 1 is 1.29 bits per heavy atom. The highest BCUT2D eigenvalue weighted by Gasteiger charge is 2.42. The van der Waals surface area contributed by atoms with E-state index in [4.69, 9.17) is 18.7 Å². The quantitative estimate of drug-likeness (QED) is 0.706. The van der Waals surface area contributed by atoms with E-state index in [1.165, 1.54) is 0 Å². The summed E-state index contributed by atoms with van der Waals surface area (Å²) in [6.45, 7) is 7.78. The molecule has 5 heterocycles. The predicted molar refractivity (Wildman–Crippen MR) is 107 cm³/mol. The maximum absolute atomic E-state index is 12.9. The average molecular weight is 431 g/mol. The fourth-order valence-electron chi connectivity index (χ4n) is 4.73. The molecule has 0 aromatic carbocycles. The molecule has 168 valence electrons. The van der Waals surface area contributed by atoms with Crippen molar-refractivity contribution < 1.29 is 23.5 Å². The Kier molecular flexibility index (Phi) is 5.53. The van der Waals surface area contributed by atoms with Crippen LogP contribution in [0.1, 0.15) is 58.9 Å². The van der Waals surface area contributed by atoms with Gasteiger partial charge in [0.1, 0.15) is 17.0 Å². The van der Waals surface area contributed by atoms with Crippen molar-refractivity contribution in [1.82, 2.24) is 25.1 Å². The third-order valence-corrected chi connectivity index (χ3v) is 6.65. The second-order valence-electron chi connectivity index (χ2n) is 8.75. The van der Waals surface area contributed by atoms with E-state index < -0.39 is 0 Å². The van der Waals surface area contributed by atoms with Crippen molar-refractivity contribution in [3.05, 3.63) is 28.4 Å². The molecule has 0 aliphatic carbocycles. The van der Waals surface area contributed by atoms with Gasteiger partial charge >= 0.3 is 0 Å². The van der Waals surface area contributed by atoms with Gasteiger partial charge in [-0.2, -0.15) is 0 Å². The topological polar surface area (TPSA) is 105 Å². The van der Waals surface area contributed by atoms with Gasteiger partial charge in [0.15, 0.2) is 0 Å². The van der Waals surface area contributed by atoms with Crippen LogP contribution in [0.5, 0.6) is 0 Å². The summed E-state index contributed by atoms with van der Waals surface area (Å²) in [6, 6.07) is 0. The standard InChI is InChI=1S/C21H29N5O5/c1-14-19(15(2)31-23-14)20(27)25-7-5-21(6-8-25)13-26-18(12-30-21)17(22-24-26)11-28-10-16-4-3-9-29-16/h16H,3-13H2,1-2H3. The van der Waals surface area contributed by atoms with Crippen LogP contribution < -0.4 is 0 Å². The molecule has 10 heteroatoms. The Morgan fingerprint density at radius 3 is 2.84 bits per heavy atom. The van der Waals surface area contributed by atoms with E-state index in [2.05, 4.69) is 15.5 Å². The van der Waals surface area contributed by atoms with Gasteiger partial charge in [0, 0.05) is 19.7 Å². The number of hydrogen-bond donors (Lipinski definition) is 0. The predicted octanol–water partition coefficient (Wildman–Crippen LogP) is 1.78. The Bertz CT molecular complexity index is 921. The number of piperidine rings is 1. The molecular formula is C21H29N5O5. The van der Waals surface area contributed by atoms with E-state index in [1.54, 1.807) is 13.8 Å². The van der Waals surface area contributed by atoms with Crippen LogP contribution in [0.2, 0.25) is 0 Å². The average Bonchev–Trinajstić information content (AvgIpc) is 3.50. The van der Waals surface area contributed by atoms with Gasteiger partial charge in [-0.1, -0.05) is 10.4 Å². The molecule has 31 heavy (non-hydrogen) atoms. The lowest BCUT2D eigenvalue weighted by Gasteiger charge is -2.43. The third kappa shape index (κ3) is 3.99. The molecule has 0 radical (unpaired) electrons. The number of hydrogen-bond acceptors (Lipinski definition) is 8. The molecule has 2 aromatic heterocycles. The first-order chi connectivity index (χ1) is 15.0. The summed E-state index contributed by atoms with van der Waals surface area (Å²) in [5.74, 6) is 0.548. The van der Waals surface area contributed by atoms with Crippen molar-refractivity contribution in [2.45, 2.75) is 71.0 Å². The van der Waals surface area contributed by atoms with E-state index >= 15 is 0 Å². The van der Waals surface area contributed by atoms with Crippen LogP contribution in [0.3, 0.4) is 0 Å². The number of aryl methyl sites for hydroxylation is 2. The molecule has 0 N–H and O–H groups in total. The normalized spacial score (nSPS) is 22.8. The molecule has 1 atom stereocenters. The number of fused-ring (bicyclic) bond motifs is 1. The monoisotopic (exact) mass is 431 g/mol. The maximum atomic E-state index is 12.9. The van der Waals surface area contributed by atoms with E-state index in [9.17, 15) is 4.79 Å². The highest BCUT2D eigenvalue weighted by Crippen LogP contribution is 2.34. The number of rotatable bonds is 5. The van der Waals surface area contributed by atoms with Gasteiger partial charge in [-0.3, -0.25) is 4.79 Å². The Hall–Kier alpha value is -2.30. The maximum Gasteiger partial charge on any atom is 0.259 e. The minimum Gasteiger partial charge on any atom is -0.376 e. The molecule has 2 fully saturated rings. The highest BCUT2D eigenvalue weighted by molar-refractivity contribution is 5.96. The molecule has 0 saturated carbocycles. The number of amides is 1. The Labute approximate surface area is 180 Å². The number of carbonyl (C=O) groups is 1. The summed E-state index contributed by atoms with van der Waals surface area (Å²) in [7, 11) is 0. The van der Waals surface area contributed by atoms with Crippen LogP contribution in [-0.4, -0.2) is 69.0 Å². The summed E-state index contributed by atoms with van der Waals surface area (Å²) in [5, 5.41) is 12.6. The van der Waals surface area contributed by atoms with Gasteiger partial charge in [0.25, 0.3) is 5.91 Å². The van der Waals surface area contributed by atoms with Crippen molar-refractivity contribution >= 4 is 5.91 Å². The van der Waals surface area contributed by atoms with Crippen LogP contribution in [0.25, 0.3) is 0 Å². The van der Waals surface area contributed by atoms with E-state index in [-0.39, 0.29) is 17.6 Å². The lowest BCUT2D eigenvalue weighted by molar-refractivity contribution is -0.120. The van der Waals surface area contributed by atoms with Crippen molar-refractivity contribution in [2.75, 3.05) is 26.3 Å². The first kappa shape index (κ1) is 20.6. The van der Waals surface area contributed by atoms with Gasteiger partial charge < -0.3 is 23.6 Å². The zero-order valence-electron chi connectivity index (χ0n) is 18.1. The lowest BCUT2D eigenvalue weighted by atomic mass is 9.89. The largest absolute Gasteiger partial charge is 0.376 e. The lowest BCUT2D eigenvalue weighted by Crippen LogP contribution is -2.52. The van der Waals surface area contributed by atoms with Gasteiger partial charge in [-0.25, -0.2) is 4.68 Å². The minimum atomic E-state index is -0.313. The molecule has 1 amide bonds. The van der Waals surface area contributed by atoms with Crippen LogP contribution in [-0.2, 0) is 34.0 Å². The fraction of sp³-hybridized carbons (Fsp3) is 0.714. The molecule has 1 spiro atoms. The van der Waals surface area contributed by atoms with E-state index in [0.29, 0.717) is 56.5 Å². The summed E-state index contributed by atoms with van der Waals surface area (Å²) >= 11 is 0. The van der Waals surface area contributed by atoms with Crippen molar-refractivity contribution in [3.63, 3.8) is 0 Å². The Morgan fingerprint density at radius 2 is 2.13 bits per heavy atom. The molecular weight excluding hydrogens is 402 g/mol. The zero-order valence-corrected chi connectivity index (χ0v) is 18.1. The molecule has 1 unspecified atom stereocenters. The smallest absolute Gasteiger partial charge is 0.259 e. The van der Waals surface area contributed by atoms with Gasteiger partial charge in [-0.15, -0.1) is 5.10 Å². The molecule has 5 rings (SSSR count). The molecule has 3 aliphatic heterocycles. The number of ether oxygens (including phenoxy) is 3. The number of carbonyl (C=O) groups excluding carboxylic acids is 1. The minimum absolute atomic E-state index is 0.0194. The first-order valence-electron chi connectivity index (χ1n) is 11.0. The zero-order chi connectivity index (χ0) is 21.4. The van der Waals surface area contributed by atoms with Crippen molar-refractivity contribution in [3.8, 4) is 0 Å². The summed E-state index contributed by atoms with van der Waals surface area (Å²) in [4.78, 5) is 14.8. The number of nitrogens with zero attached hydrogens (tertiary/aromatic N) is 5. The second kappa shape index (κ2) is 8.33. The Balaban J connectivity index is 1.17. The molecule has 2 aromatic rings.